The van der Waals surface area contributed by atoms with Gasteiger partial charge in [-0.3, -0.25) is 9.89 Å². The molecule has 0 spiro atoms. The minimum atomic E-state index is -2.81. The lowest BCUT2D eigenvalue weighted by molar-refractivity contribution is 0.673. The number of pyridine rings is 1. The largest absolute Gasteiger partial charge is 0.293 e. The van der Waals surface area contributed by atoms with Gasteiger partial charge in [-0.2, -0.15) is 5.26 Å². The van der Waals surface area contributed by atoms with Gasteiger partial charge in [-0.15, -0.1) is 0 Å². The molecular formula is C19H17N5O2S. The third kappa shape index (κ3) is 2.96. The molecule has 3 aromatic rings. The number of aryl methyl sites for hydroxylation is 1. The van der Waals surface area contributed by atoms with Crippen LogP contribution in [0, 0.1) is 23.0 Å². The van der Waals surface area contributed by atoms with Crippen molar-refractivity contribution in [2.24, 2.45) is 0 Å². The zero-order valence-electron chi connectivity index (χ0n) is 14.6. The summed E-state index contributed by atoms with van der Waals surface area (Å²) in [4.78, 5) is 17.5. The van der Waals surface area contributed by atoms with Crippen LogP contribution >= 0.6 is 0 Å². The fourth-order valence-corrected chi connectivity index (χ4v) is 4.70. The number of rotatable bonds is 4. The minimum Gasteiger partial charge on any atom is -0.293 e. The highest BCUT2D eigenvalue weighted by molar-refractivity contribution is 7.93. The third-order valence-electron chi connectivity index (χ3n) is 4.67. The van der Waals surface area contributed by atoms with Crippen LogP contribution in [0.1, 0.15) is 24.1 Å². The van der Waals surface area contributed by atoms with Crippen molar-refractivity contribution in [1.29, 1.82) is 10.0 Å². The third-order valence-corrected chi connectivity index (χ3v) is 7.02. The molecule has 2 N–H and O–H groups in total. The predicted octanol–water partition coefficient (Wildman–Crippen LogP) is 2.98. The zero-order valence-corrected chi connectivity index (χ0v) is 15.4. The molecule has 1 unspecified atom stereocenters. The molecule has 1 fully saturated rings. The molecule has 4 rings (SSSR count). The quantitative estimate of drug-likeness (QED) is 0.725. The summed E-state index contributed by atoms with van der Waals surface area (Å²) in [6.07, 6.45) is 3.05. The molecule has 0 saturated heterocycles. The van der Waals surface area contributed by atoms with E-state index in [0.29, 0.717) is 33.1 Å². The molecule has 7 nitrogen and oxygen atoms in total. The van der Waals surface area contributed by atoms with Gasteiger partial charge in [-0.25, -0.2) is 18.7 Å². The number of nitrogens with zero attached hydrogens (tertiary/aromatic N) is 3. The number of hydrogen-bond donors (Lipinski definition) is 2. The maximum atomic E-state index is 12.9. The lowest BCUT2D eigenvalue weighted by Gasteiger charge is -2.06. The maximum absolute atomic E-state index is 12.9. The van der Waals surface area contributed by atoms with Gasteiger partial charge in [0.1, 0.15) is 0 Å². The summed E-state index contributed by atoms with van der Waals surface area (Å²) < 4.78 is 21.9. The highest BCUT2D eigenvalue weighted by atomic mass is 32.2. The summed E-state index contributed by atoms with van der Waals surface area (Å²) in [7, 11) is -2.81. The van der Waals surface area contributed by atoms with Crippen LogP contribution < -0.4 is 5.56 Å². The Kier molecular flexibility index (Phi) is 3.97. The summed E-state index contributed by atoms with van der Waals surface area (Å²) in [6, 6.07) is 12.1. The van der Waals surface area contributed by atoms with E-state index in [9.17, 15) is 9.00 Å². The summed E-state index contributed by atoms with van der Waals surface area (Å²) in [6.45, 7) is 1.80. The van der Waals surface area contributed by atoms with E-state index < -0.39 is 9.73 Å². The SMILES string of the molecule is Cc1[nH]n(-c2ccc(S(=N)(=O)C3CC3)cn2)c(=O)c1-c1ccc(C#N)cc1. The van der Waals surface area contributed by atoms with E-state index in [4.69, 9.17) is 10.0 Å². The number of benzene rings is 1. The Hall–Kier alpha value is -3.18. The van der Waals surface area contributed by atoms with Gasteiger partial charge < -0.3 is 0 Å². The Morgan fingerprint density at radius 2 is 1.96 bits per heavy atom. The number of aromatic nitrogens is 3. The van der Waals surface area contributed by atoms with Crippen LogP contribution in [0.5, 0.6) is 0 Å². The average Bonchev–Trinajstić information content (AvgIpc) is 3.49. The van der Waals surface area contributed by atoms with Crippen LogP contribution in [0.2, 0.25) is 0 Å². The van der Waals surface area contributed by atoms with E-state index in [1.165, 1.54) is 10.9 Å². The van der Waals surface area contributed by atoms with E-state index in [-0.39, 0.29) is 10.8 Å². The Bertz CT molecular complexity index is 1210. The van der Waals surface area contributed by atoms with E-state index in [2.05, 4.69) is 16.2 Å². The van der Waals surface area contributed by atoms with Crippen molar-refractivity contribution in [3.05, 3.63) is 64.2 Å². The minimum absolute atomic E-state index is 0.0800. The molecular weight excluding hydrogens is 362 g/mol. The van der Waals surface area contributed by atoms with Gasteiger partial charge >= 0.3 is 0 Å². The van der Waals surface area contributed by atoms with Gasteiger partial charge in [0.2, 0.25) is 0 Å². The lowest BCUT2D eigenvalue weighted by Crippen LogP contribution is -2.17. The van der Waals surface area contributed by atoms with Crippen LogP contribution in [0.3, 0.4) is 0 Å². The van der Waals surface area contributed by atoms with Crippen LogP contribution in [0.4, 0.5) is 0 Å². The highest BCUT2D eigenvalue weighted by Crippen LogP contribution is 2.33. The van der Waals surface area contributed by atoms with E-state index in [1.807, 2.05) is 0 Å². The van der Waals surface area contributed by atoms with Crippen molar-refractivity contribution in [1.82, 2.24) is 14.8 Å². The molecule has 1 saturated carbocycles. The Morgan fingerprint density at radius 1 is 1.26 bits per heavy atom. The first-order valence-corrected chi connectivity index (χ1v) is 10.1. The van der Waals surface area contributed by atoms with Gasteiger partial charge in [0.25, 0.3) is 5.56 Å². The molecule has 1 aliphatic rings. The second kappa shape index (κ2) is 6.21. The second-order valence-electron chi connectivity index (χ2n) is 6.59. The summed E-state index contributed by atoms with van der Waals surface area (Å²) >= 11 is 0. The summed E-state index contributed by atoms with van der Waals surface area (Å²) in [5.41, 5.74) is 2.17. The molecule has 27 heavy (non-hydrogen) atoms. The van der Waals surface area contributed by atoms with Gasteiger partial charge in [-0.05, 0) is 49.6 Å². The van der Waals surface area contributed by atoms with Crippen LogP contribution in [0.15, 0.2) is 52.3 Å². The van der Waals surface area contributed by atoms with Crippen molar-refractivity contribution in [3.63, 3.8) is 0 Å². The van der Waals surface area contributed by atoms with Gasteiger partial charge in [0, 0.05) is 17.1 Å². The standard InChI is InChI=1S/C19H17N5O2S/c1-12-18(14-4-2-13(10-20)3-5-14)19(25)24(23-12)17-9-8-16(11-22-17)27(21,26)15-6-7-15/h2-5,8-9,11,15,21,23H,6-7H2,1H3. The zero-order chi connectivity index (χ0) is 19.2. The van der Waals surface area contributed by atoms with Gasteiger partial charge in [-0.1, -0.05) is 12.1 Å². The van der Waals surface area contributed by atoms with Crippen molar-refractivity contribution in [3.8, 4) is 23.0 Å². The molecule has 0 radical (unpaired) electrons. The van der Waals surface area contributed by atoms with Crippen LogP contribution in [-0.4, -0.2) is 24.2 Å². The second-order valence-corrected chi connectivity index (χ2v) is 8.93. The maximum Gasteiger partial charge on any atom is 0.280 e. The smallest absolute Gasteiger partial charge is 0.280 e. The number of H-pyrrole nitrogens is 1. The van der Waals surface area contributed by atoms with Crippen molar-refractivity contribution >= 4 is 9.73 Å². The molecule has 0 amide bonds. The Labute approximate surface area is 156 Å². The molecule has 8 heteroatoms. The topological polar surface area (TPSA) is 115 Å². The van der Waals surface area contributed by atoms with Crippen molar-refractivity contribution < 1.29 is 4.21 Å². The molecule has 0 aliphatic heterocycles. The average molecular weight is 379 g/mol. The van der Waals surface area contributed by atoms with E-state index in [1.54, 1.807) is 43.3 Å². The van der Waals surface area contributed by atoms with Crippen LogP contribution in [-0.2, 0) is 9.73 Å². The Balaban J connectivity index is 1.73. The molecule has 2 heterocycles. The Morgan fingerprint density at radius 3 is 2.52 bits per heavy atom. The van der Waals surface area contributed by atoms with E-state index >= 15 is 0 Å². The molecule has 136 valence electrons. The predicted molar refractivity (Wildman–Crippen MR) is 101 cm³/mol. The molecule has 2 aromatic heterocycles. The van der Waals surface area contributed by atoms with Crippen LogP contribution in [0.25, 0.3) is 16.9 Å². The van der Waals surface area contributed by atoms with E-state index in [0.717, 1.165) is 12.8 Å². The number of nitriles is 1. The fraction of sp³-hybridized carbons (Fsp3) is 0.211. The van der Waals surface area contributed by atoms with Gasteiger partial charge in [0.15, 0.2) is 5.82 Å². The molecule has 1 atom stereocenters. The molecule has 1 aliphatic carbocycles. The van der Waals surface area contributed by atoms with Gasteiger partial charge in [0.05, 0.1) is 31.8 Å². The first-order valence-electron chi connectivity index (χ1n) is 8.48. The summed E-state index contributed by atoms with van der Waals surface area (Å²) in [5, 5.41) is 11.8. The first-order chi connectivity index (χ1) is 12.9. The summed E-state index contributed by atoms with van der Waals surface area (Å²) in [5.74, 6) is 0.373. The number of hydrogen-bond acceptors (Lipinski definition) is 5. The highest BCUT2D eigenvalue weighted by Gasteiger charge is 2.34. The first kappa shape index (κ1) is 17.2. The normalized spacial score (nSPS) is 15.9. The molecule has 1 aromatic carbocycles. The fourth-order valence-electron chi connectivity index (χ4n) is 3.04. The number of aromatic amines is 1. The van der Waals surface area contributed by atoms with Crippen molar-refractivity contribution in [2.75, 3.05) is 0 Å². The lowest BCUT2D eigenvalue weighted by atomic mass is 10.1. The van der Waals surface area contributed by atoms with Crippen molar-refractivity contribution in [2.45, 2.75) is 29.9 Å². The monoisotopic (exact) mass is 379 g/mol. The number of nitrogens with one attached hydrogen (secondary N) is 2. The molecule has 0 bridgehead atoms.